The number of aliphatic hydroxyl groups is 1. The number of amides is 1. The van der Waals surface area contributed by atoms with Gasteiger partial charge in [-0.25, -0.2) is 0 Å². The standard InChI is InChI=1S/C46H66ClNO7/c1-27(2)38-32(50)23-46(35(51)26-48(28(3)49)25-29-13-11-12-14-31(29)47)22-21-44(9)30(39(38)46)15-16-34-43(8)19-18-36(55-37(52)24-41(4,5)40(53)54)42(6,7)33(43)17-20-45(34,44)10/h11-14,27,30,33-36,51H,15-26H2,1-10H3,(H,53,54)/t30-,33+,34-,35-,36+,43+,44-,45-,46-/m1/s1. The molecule has 9 atom stereocenters. The second-order valence-corrected chi connectivity index (χ2v) is 21.0. The monoisotopic (exact) mass is 779 g/mol. The average molecular weight is 780 g/mol. The molecule has 8 nitrogen and oxygen atoms in total. The quantitative estimate of drug-likeness (QED) is 0.227. The summed E-state index contributed by atoms with van der Waals surface area (Å²) < 4.78 is 6.16. The SMILES string of the molecule is CC(=O)N(Cc1ccccc1Cl)C[C@@H](O)[C@]12CC[C@]3(C)[C@H](CC[C@@H]4[C@@]5(C)CC[C@H](OC(=O)CC(C)(C)C(=O)O)C(C)(C)[C@@H]5CC[C@]43C)C1=C(C(C)C)C(=O)C2. The van der Waals surface area contributed by atoms with E-state index in [1.165, 1.54) is 12.5 Å². The molecule has 0 spiro atoms. The van der Waals surface area contributed by atoms with Gasteiger partial charge in [-0.05, 0) is 122 Å². The molecule has 5 aliphatic carbocycles. The Bertz CT molecular complexity index is 1770. The number of fused-ring (bicyclic) bond motifs is 7. The van der Waals surface area contributed by atoms with E-state index in [1.807, 2.05) is 24.3 Å². The molecule has 1 amide bonds. The summed E-state index contributed by atoms with van der Waals surface area (Å²) in [5, 5.41) is 22.6. The number of rotatable bonds is 10. The lowest BCUT2D eigenvalue weighted by atomic mass is 9.33. The van der Waals surface area contributed by atoms with Crippen molar-refractivity contribution >= 4 is 35.2 Å². The Kier molecular flexibility index (Phi) is 10.9. The summed E-state index contributed by atoms with van der Waals surface area (Å²) in [6.45, 7) is 21.3. The fourth-order valence-electron chi connectivity index (χ4n) is 13.4. The van der Waals surface area contributed by atoms with Crippen LogP contribution in [0, 0.1) is 56.2 Å². The number of halogens is 1. The lowest BCUT2D eigenvalue weighted by Gasteiger charge is -2.72. The molecule has 0 heterocycles. The van der Waals surface area contributed by atoms with Crippen LogP contribution in [0.4, 0.5) is 0 Å². The van der Waals surface area contributed by atoms with Crippen molar-refractivity contribution in [2.24, 2.45) is 56.2 Å². The maximum atomic E-state index is 14.2. The summed E-state index contributed by atoms with van der Waals surface area (Å²) in [6, 6.07) is 7.49. The number of hydrogen-bond donors (Lipinski definition) is 2. The molecule has 0 bridgehead atoms. The molecule has 304 valence electrons. The van der Waals surface area contributed by atoms with Crippen molar-refractivity contribution in [3.05, 3.63) is 46.0 Å². The molecule has 1 aromatic carbocycles. The van der Waals surface area contributed by atoms with Crippen LogP contribution in [0.15, 0.2) is 35.4 Å². The Labute approximate surface area is 334 Å². The molecule has 0 unspecified atom stereocenters. The summed E-state index contributed by atoms with van der Waals surface area (Å²) in [5.74, 6) is -0.481. The van der Waals surface area contributed by atoms with Crippen molar-refractivity contribution < 1.29 is 34.1 Å². The first-order valence-corrected chi connectivity index (χ1v) is 21.2. The molecule has 0 radical (unpaired) electrons. The normalized spacial score (nSPS) is 36.0. The van der Waals surface area contributed by atoms with Crippen LogP contribution in [0.2, 0.25) is 5.02 Å². The predicted octanol–water partition coefficient (Wildman–Crippen LogP) is 9.44. The van der Waals surface area contributed by atoms with Crippen LogP contribution in [0.25, 0.3) is 0 Å². The lowest BCUT2D eigenvalue weighted by molar-refractivity contribution is -0.235. The maximum absolute atomic E-state index is 14.2. The van der Waals surface area contributed by atoms with Gasteiger partial charge in [0.05, 0.1) is 17.9 Å². The molecule has 2 N–H and O–H groups in total. The van der Waals surface area contributed by atoms with Gasteiger partial charge in [-0.2, -0.15) is 0 Å². The zero-order valence-corrected chi connectivity index (χ0v) is 35.8. The van der Waals surface area contributed by atoms with Gasteiger partial charge >= 0.3 is 11.9 Å². The van der Waals surface area contributed by atoms with E-state index in [4.69, 9.17) is 16.3 Å². The summed E-state index contributed by atoms with van der Waals surface area (Å²) in [5.41, 5.74) is 0.654. The predicted molar refractivity (Wildman–Crippen MR) is 214 cm³/mol. The summed E-state index contributed by atoms with van der Waals surface area (Å²) in [4.78, 5) is 53.8. The number of ether oxygens (including phenoxy) is 1. The van der Waals surface area contributed by atoms with Gasteiger partial charge in [0.2, 0.25) is 5.91 Å². The summed E-state index contributed by atoms with van der Waals surface area (Å²) in [7, 11) is 0. The first-order valence-electron chi connectivity index (χ1n) is 20.8. The third kappa shape index (κ3) is 6.61. The third-order valence-corrected chi connectivity index (χ3v) is 17.0. The molecular weight excluding hydrogens is 714 g/mol. The Morgan fingerprint density at radius 1 is 0.945 bits per heavy atom. The van der Waals surface area contributed by atoms with Gasteiger partial charge in [0, 0.05) is 42.3 Å². The number of esters is 1. The average Bonchev–Trinajstić information content (AvgIpc) is 3.40. The highest BCUT2D eigenvalue weighted by Crippen LogP contribution is 2.77. The first-order chi connectivity index (χ1) is 25.5. The maximum Gasteiger partial charge on any atom is 0.309 e. The van der Waals surface area contributed by atoms with Gasteiger partial charge in [0.25, 0.3) is 0 Å². The molecule has 1 aromatic rings. The first kappa shape index (κ1) is 41.9. The second kappa shape index (κ2) is 14.3. The van der Waals surface area contributed by atoms with Crippen LogP contribution in [-0.4, -0.2) is 57.5 Å². The fraction of sp³-hybridized carbons (Fsp3) is 0.739. The van der Waals surface area contributed by atoms with Crippen LogP contribution in [-0.2, 0) is 30.5 Å². The number of carbonyl (C=O) groups is 4. The number of aliphatic carboxylic acids is 1. The van der Waals surface area contributed by atoms with Crippen molar-refractivity contribution in [3.8, 4) is 0 Å². The van der Waals surface area contributed by atoms with E-state index in [9.17, 15) is 29.4 Å². The third-order valence-electron chi connectivity index (χ3n) is 16.7. The number of carboxylic acids is 1. The smallest absolute Gasteiger partial charge is 0.309 e. The number of Topliss-reactive ketones (excluding diaryl/α,β-unsaturated/α-hetero) is 1. The summed E-state index contributed by atoms with van der Waals surface area (Å²) in [6.07, 6.45) is 6.28. The number of carboxylic acid groups (broad SMARTS) is 1. The minimum absolute atomic E-state index is 0.0143. The van der Waals surface area contributed by atoms with Gasteiger partial charge < -0.3 is 19.8 Å². The zero-order valence-electron chi connectivity index (χ0n) is 35.0. The minimum Gasteiger partial charge on any atom is -0.481 e. The van der Waals surface area contributed by atoms with Gasteiger partial charge in [-0.15, -0.1) is 0 Å². The van der Waals surface area contributed by atoms with E-state index in [0.29, 0.717) is 36.2 Å². The van der Waals surface area contributed by atoms with E-state index in [0.717, 1.165) is 56.1 Å². The van der Waals surface area contributed by atoms with Crippen LogP contribution in [0.5, 0.6) is 0 Å². The highest BCUT2D eigenvalue weighted by Gasteiger charge is 2.71. The molecule has 5 aliphatic rings. The molecule has 6 rings (SSSR count). The molecule has 0 aliphatic heterocycles. The molecule has 4 fully saturated rings. The Morgan fingerprint density at radius 3 is 2.24 bits per heavy atom. The number of carbonyl (C=O) groups excluding carboxylic acids is 3. The molecule has 0 saturated heterocycles. The highest BCUT2D eigenvalue weighted by molar-refractivity contribution is 6.31. The zero-order chi connectivity index (χ0) is 40.7. The topological polar surface area (TPSA) is 121 Å². The molecular formula is C46H66ClNO7. The second-order valence-electron chi connectivity index (χ2n) is 20.6. The van der Waals surface area contributed by atoms with Crippen LogP contribution < -0.4 is 0 Å². The molecule has 9 heteroatoms. The van der Waals surface area contributed by atoms with E-state index >= 15 is 0 Å². The Hall–Kier alpha value is -2.71. The van der Waals surface area contributed by atoms with Gasteiger partial charge in [0.1, 0.15) is 6.10 Å². The number of nitrogens with zero attached hydrogens (tertiary/aromatic N) is 1. The van der Waals surface area contributed by atoms with Crippen molar-refractivity contribution in [1.82, 2.24) is 4.90 Å². The summed E-state index contributed by atoms with van der Waals surface area (Å²) >= 11 is 6.51. The minimum atomic E-state index is -1.18. The van der Waals surface area contributed by atoms with E-state index in [-0.39, 0.29) is 64.3 Å². The van der Waals surface area contributed by atoms with Crippen molar-refractivity contribution in [2.75, 3.05) is 6.54 Å². The van der Waals surface area contributed by atoms with Crippen molar-refractivity contribution in [1.29, 1.82) is 0 Å². The molecule has 55 heavy (non-hydrogen) atoms. The van der Waals surface area contributed by atoms with Gasteiger partial charge in [-0.3, -0.25) is 19.2 Å². The van der Waals surface area contributed by atoms with Crippen LogP contribution >= 0.6 is 11.6 Å². The number of hydrogen-bond acceptors (Lipinski definition) is 6. The van der Waals surface area contributed by atoms with Gasteiger partial charge in [-0.1, -0.05) is 83.8 Å². The Morgan fingerprint density at radius 2 is 1.62 bits per heavy atom. The van der Waals surface area contributed by atoms with Crippen LogP contribution in [0.3, 0.4) is 0 Å². The van der Waals surface area contributed by atoms with Crippen molar-refractivity contribution in [3.63, 3.8) is 0 Å². The van der Waals surface area contributed by atoms with E-state index < -0.39 is 28.9 Å². The number of aliphatic hydroxyl groups excluding tert-OH is 1. The number of ketones is 1. The lowest BCUT2D eigenvalue weighted by Crippen LogP contribution is -2.66. The molecule has 4 saturated carbocycles. The van der Waals surface area contributed by atoms with E-state index in [2.05, 4.69) is 48.5 Å². The van der Waals surface area contributed by atoms with E-state index in [1.54, 1.807) is 18.7 Å². The van der Waals surface area contributed by atoms with Crippen LogP contribution in [0.1, 0.15) is 139 Å². The Balaban J connectivity index is 1.29. The number of allylic oxidation sites excluding steroid dienone is 1. The number of benzene rings is 1. The fourth-order valence-corrected chi connectivity index (χ4v) is 13.6. The van der Waals surface area contributed by atoms with Crippen molar-refractivity contribution in [2.45, 2.75) is 152 Å². The highest BCUT2D eigenvalue weighted by atomic mass is 35.5. The van der Waals surface area contributed by atoms with Gasteiger partial charge in [0.15, 0.2) is 5.78 Å². The molecule has 0 aromatic heterocycles. The largest absolute Gasteiger partial charge is 0.481 e.